The molecular formula is C17H12ClN5O2S. The average molecular weight is 386 g/mol. The third-order valence-electron chi connectivity index (χ3n) is 3.39. The van der Waals surface area contributed by atoms with Crippen LogP contribution >= 0.6 is 23.4 Å². The van der Waals surface area contributed by atoms with Gasteiger partial charge >= 0.3 is 0 Å². The van der Waals surface area contributed by atoms with Gasteiger partial charge in [0.25, 0.3) is 5.22 Å². The molecule has 0 atom stereocenters. The fourth-order valence-corrected chi connectivity index (χ4v) is 3.13. The van der Waals surface area contributed by atoms with Gasteiger partial charge in [0, 0.05) is 16.8 Å². The van der Waals surface area contributed by atoms with E-state index in [0.29, 0.717) is 33.7 Å². The molecule has 0 fully saturated rings. The van der Waals surface area contributed by atoms with Crippen LogP contribution < -0.4 is 0 Å². The SMILES string of the molecule is Cc1cc(-c2nnc(SCc3nc(-c4ccccc4)no3)o2)cc(Cl)n1. The van der Waals surface area contributed by atoms with E-state index in [1.54, 1.807) is 6.07 Å². The van der Waals surface area contributed by atoms with Gasteiger partial charge in [-0.05, 0) is 19.1 Å². The van der Waals surface area contributed by atoms with Gasteiger partial charge in [-0.15, -0.1) is 10.2 Å². The first kappa shape index (κ1) is 16.7. The highest BCUT2D eigenvalue weighted by atomic mass is 35.5. The highest BCUT2D eigenvalue weighted by Gasteiger charge is 2.13. The minimum Gasteiger partial charge on any atom is -0.411 e. The quantitative estimate of drug-likeness (QED) is 0.368. The van der Waals surface area contributed by atoms with Gasteiger partial charge in [-0.2, -0.15) is 4.98 Å². The number of hydrogen-bond acceptors (Lipinski definition) is 8. The number of halogens is 1. The molecule has 9 heteroatoms. The summed E-state index contributed by atoms with van der Waals surface area (Å²) in [5, 5.41) is 12.8. The predicted molar refractivity (Wildman–Crippen MR) is 96.6 cm³/mol. The van der Waals surface area contributed by atoms with Crippen molar-refractivity contribution in [2.24, 2.45) is 0 Å². The molecule has 0 N–H and O–H groups in total. The first-order chi connectivity index (χ1) is 12.7. The first-order valence-electron chi connectivity index (χ1n) is 7.66. The van der Waals surface area contributed by atoms with Crippen LogP contribution in [-0.2, 0) is 5.75 Å². The van der Waals surface area contributed by atoms with Crippen molar-refractivity contribution in [3.63, 3.8) is 0 Å². The van der Waals surface area contributed by atoms with Gasteiger partial charge in [0.1, 0.15) is 5.15 Å². The lowest BCUT2D eigenvalue weighted by Gasteiger charge is -1.97. The van der Waals surface area contributed by atoms with Gasteiger partial charge in [0.15, 0.2) is 0 Å². The fourth-order valence-electron chi connectivity index (χ4n) is 2.28. The van der Waals surface area contributed by atoms with Crippen LogP contribution in [0, 0.1) is 6.92 Å². The second-order valence-corrected chi connectivity index (χ2v) is 6.67. The molecule has 0 amide bonds. The maximum Gasteiger partial charge on any atom is 0.277 e. The van der Waals surface area contributed by atoms with Crippen LogP contribution in [0.15, 0.2) is 56.6 Å². The zero-order valence-electron chi connectivity index (χ0n) is 13.6. The van der Waals surface area contributed by atoms with Gasteiger partial charge in [0.05, 0.1) is 5.75 Å². The number of pyridine rings is 1. The Labute approximate surface area is 157 Å². The van der Waals surface area contributed by atoms with Gasteiger partial charge < -0.3 is 8.94 Å². The number of aryl methyl sites for hydroxylation is 1. The monoisotopic (exact) mass is 385 g/mol. The molecule has 0 saturated heterocycles. The zero-order chi connectivity index (χ0) is 17.9. The summed E-state index contributed by atoms with van der Waals surface area (Å²) in [5.74, 6) is 1.85. The number of rotatable bonds is 5. The summed E-state index contributed by atoms with van der Waals surface area (Å²) in [6, 6.07) is 13.1. The van der Waals surface area contributed by atoms with Crippen LogP contribution in [-0.4, -0.2) is 25.3 Å². The van der Waals surface area contributed by atoms with Crippen molar-refractivity contribution in [3.05, 3.63) is 59.2 Å². The molecule has 3 aromatic heterocycles. The highest BCUT2D eigenvalue weighted by molar-refractivity contribution is 7.98. The van der Waals surface area contributed by atoms with E-state index in [9.17, 15) is 0 Å². The van der Waals surface area contributed by atoms with Crippen LogP contribution in [0.4, 0.5) is 0 Å². The van der Waals surface area contributed by atoms with Crippen molar-refractivity contribution >= 4 is 23.4 Å². The summed E-state index contributed by atoms with van der Waals surface area (Å²) in [7, 11) is 0. The summed E-state index contributed by atoms with van der Waals surface area (Å²) in [4.78, 5) is 8.48. The third-order valence-corrected chi connectivity index (χ3v) is 4.39. The second-order valence-electron chi connectivity index (χ2n) is 5.36. The Morgan fingerprint density at radius 2 is 1.88 bits per heavy atom. The Morgan fingerprint density at radius 1 is 1.04 bits per heavy atom. The van der Waals surface area contributed by atoms with E-state index in [4.69, 9.17) is 20.5 Å². The second kappa shape index (κ2) is 7.27. The Morgan fingerprint density at radius 3 is 2.69 bits per heavy atom. The molecule has 0 spiro atoms. The number of nitrogens with zero attached hydrogens (tertiary/aromatic N) is 5. The maximum atomic E-state index is 5.97. The van der Waals surface area contributed by atoms with Crippen molar-refractivity contribution in [1.29, 1.82) is 0 Å². The molecule has 3 heterocycles. The molecule has 0 bridgehead atoms. The van der Waals surface area contributed by atoms with Crippen LogP contribution in [0.3, 0.4) is 0 Å². The van der Waals surface area contributed by atoms with E-state index in [2.05, 4.69) is 25.3 Å². The lowest BCUT2D eigenvalue weighted by Crippen LogP contribution is -1.85. The zero-order valence-corrected chi connectivity index (χ0v) is 15.2. The molecule has 0 aliphatic rings. The molecule has 0 aliphatic heterocycles. The summed E-state index contributed by atoms with van der Waals surface area (Å²) < 4.78 is 10.9. The van der Waals surface area contributed by atoms with Crippen LogP contribution in [0.5, 0.6) is 0 Å². The molecule has 0 saturated carbocycles. The number of aromatic nitrogens is 5. The van der Waals surface area contributed by atoms with Crippen molar-refractivity contribution in [1.82, 2.24) is 25.3 Å². The molecule has 130 valence electrons. The Kier molecular flexibility index (Phi) is 4.68. The van der Waals surface area contributed by atoms with E-state index < -0.39 is 0 Å². The topological polar surface area (TPSA) is 90.7 Å². The van der Waals surface area contributed by atoms with Crippen molar-refractivity contribution < 1.29 is 8.94 Å². The van der Waals surface area contributed by atoms with Gasteiger partial charge in [-0.1, -0.05) is 58.9 Å². The summed E-state index contributed by atoms with van der Waals surface area (Å²) in [6.45, 7) is 1.85. The van der Waals surface area contributed by atoms with Crippen LogP contribution in [0.1, 0.15) is 11.6 Å². The molecule has 0 radical (unpaired) electrons. The summed E-state index contributed by atoms with van der Waals surface area (Å²) in [5.41, 5.74) is 2.41. The molecule has 4 aromatic rings. The fraction of sp³-hybridized carbons (Fsp3) is 0.118. The van der Waals surface area contributed by atoms with E-state index in [0.717, 1.165) is 16.8 Å². The number of thioether (sulfide) groups is 1. The van der Waals surface area contributed by atoms with E-state index >= 15 is 0 Å². The van der Waals surface area contributed by atoms with Gasteiger partial charge in [-0.3, -0.25) is 0 Å². The lowest BCUT2D eigenvalue weighted by atomic mass is 10.2. The molecule has 0 unspecified atom stereocenters. The summed E-state index contributed by atoms with van der Waals surface area (Å²) >= 11 is 7.29. The van der Waals surface area contributed by atoms with Crippen LogP contribution in [0.25, 0.3) is 22.8 Å². The predicted octanol–water partition coefficient (Wildman–Crippen LogP) is 4.44. The van der Waals surface area contributed by atoms with Gasteiger partial charge in [-0.25, -0.2) is 4.98 Å². The Hall–Kier alpha value is -2.71. The lowest BCUT2D eigenvalue weighted by molar-refractivity contribution is 0.391. The molecule has 1 aromatic carbocycles. The van der Waals surface area contributed by atoms with E-state index in [1.807, 2.05) is 43.3 Å². The summed E-state index contributed by atoms with van der Waals surface area (Å²) in [6.07, 6.45) is 0. The molecule has 4 rings (SSSR count). The van der Waals surface area contributed by atoms with Gasteiger partial charge in [0.2, 0.25) is 17.6 Å². The highest BCUT2D eigenvalue weighted by Crippen LogP contribution is 2.27. The molecular weight excluding hydrogens is 374 g/mol. The van der Waals surface area contributed by atoms with Crippen molar-refractivity contribution in [3.8, 4) is 22.8 Å². The molecule has 26 heavy (non-hydrogen) atoms. The molecule has 7 nitrogen and oxygen atoms in total. The Balaban J connectivity index is 1.44. The minimum absolute atomic E-state index is 0.381. The molecule has 0 aliphatic carbocycles. The maximum absolute atomic E-state index is 5.97. The normalized spacial score (nSPS) is 11.0. The Bertz CT molecular complexity index is 1010. The van der Waals surface area contributed by atoms with E-state index in [1.165, 1.54) is 11.8 Å². The van der Waals surface area contributed by atoms with Crippen molar-refractivity contribution in [2.45, 2.75) is 17.9 Å². The van der Waals surface area contributed by atoms with Crippen molar-refractivity contribution in [2.75, 3.05) is 0 Å². The standard InChI is InChI=1S/C17H12ClN5O2S/c1-10-7-12(8-13(18)19-10)16-21-22-17(24-16)26-9-14-20-15(23-25-14)11-5-3-2-4-6-11/h2-8H,9H2,1H3. The largest absolute Gasteiger partial charge is 0.411 e. The third kappa shape index (κ3) is 3.76. The number of benzene rings is 1. The van der Waals surface area contributed by atoms with E-state index in [-0.39, 0.29) is 0 Å². The average Bonchev–Trinajstić information content (AvgIpc) is 3.29. The minimum atomic E-state index is 0.381. The number of hydrogen-bond donors (Lipinski definition) is 0. The van der Waals surface area contributed by atoms with Crippen LogP contribution in [0.2, 0.25) is 5.15 Å². The first-order valence-corrected chi connectivity index (χ1v) is 9.02. The smallest absolute Gasteiger partial charge is 0.277 e.